The molecule has 6 heteroatoms. The van der Waals surface area contributed by atoms with Gasteiger partial charge in [0.1, 0.15) is 0 Å². The van der Waals surface area contributed by atoms with Gasteiger partial charge in [-0.1, -0.05) is 34.8 Å². The average molecular weight is 343 g/mol. The van der Waals surface area contributed by atoms with Crippen molar-refractivity contribution in [3.8, 4) is 11.3 Å². The summed E-state index contributed by atoms with van der Waals surface area (Å²) in [6.07, 6.45) is 1.17. The van der Waals surface area contributed by atoms with Gasteiger partial charge in [0.2, 0.25) is 0 Å². The summed E-state index contributed by atoms with van der Waals surface area (Å²) in [4.78, 5) is 15.7. The van der Waals surface area contributed by atoms with Crippen LogP contribution < -0.4 is 0 Å². The number of aromatic nitrogens is 1. The molecule has 1 aliphatic carbocycles. The maximum absolute atomic E-state index is 11.2. The topological polar surface area (TPSA) is 50.2 Å². The Hall–Kier alpha value is -1.29. The standard InChI is InChI=1S/C15H10Cl3NO2/c16-7-1-2-9(11(17)5-7)14-12(18)6-10-8(15(20)21)3-4-13(10)19-14/h1-2,5-6,8H,3-4H2,(H,20,21). The Labute approximate surface area is 136 Å². The Morgan fingerprint density at radius 2 is 1.95 bits per heavy atom. The summed E-state index contributed by atoms with van der Waals surface area (Å²) in [6, 6.07) is 6.79. The normalized spacial score (nSPS) is 16.8. The third-order valence-electron chi connectivity index (χ3n) is 3.62. The molecule has 0 saturated heterocycles. The summed E-state index contributed by atoms with van der Waals surface area (Å²) in [5.41, 5.74) is 2.71. The van der Waals surface area contributed by atoms with Crippen LogP contribution in [-0.4, -0.2) is 16.1 Å². The van der Waals surface area contributed by atoms with Crippen molar-refractivity contribution in [1.29, 1.82) is 0 Å². The largest absolute Gasteiger partial charge is 0.481 e. The molecule has 0 aliphatic heterocycles. The minimum Gasteiger partial charge on any atom is -0.481 e. The molecule has 2 aromatic rings. The number of benzene rings is 1. The third kappa shape index (κ3) is 2.61. The van der Waals surface area contributed by atoms with Gasteiger partial charge in [0.05, 0.1) is 21.7 Å². The Kier molecular flexibility index (Phi) is 3.82. The second kappa shape index (κ2) is 5.48. The third-order valence-corrected chi connectivity index (χ3v) is 4.45. The van der Waals surface area contributed by atoms with E-state index in [1.165, 1.54) is 0 Å². The van der Waals surface area contributed by atoms with Gasteiger partial charge in [-0.3, -0.25) is 9.78 Å². The van der Waals surface area contributed by atoms with Gasteiger partial charge in [-0.15, -0.1) is 0 Å². The van der Waals surface area contributed by atoms with Gasteiger partial charge >= 0.3 is 5.97 Å². The molecule has 1 aromatic carbocycles. The number of carboxylic acids is 1. The van der Waals surface area contributed by atoms with E-state index in [2.05, 4.69) is 4.98 Å². The highest BCUT2D eigenvalue weighted by Crippen LogP contribution is 2.39. The zero-order valence-electron chi connectivity index (χ0n) is 10.7. The van der Waals surface area contributed by atoms with Crippen molar-refractivity contribution in [2.75, 3.05) is 0 Å². The smallest absolute Gasteiger partial charge is 0.311 e. The monoisotopic (exact) mass is 341 g/mol. The van der Waals surface area contributed by atoms with Gasteiger partial charge in [0, 0.05) is 16.3 Å². The number of carboxylic acid groups (broad SMARTS) is 1. The number of nitrogens with zero attached hydrogens (tertiary/aromatic N) is 1. The number of carbonyl (C=O) groups is 1. The quantitative estimate of drug-likeness (QED) is 0.851. The van der Waals surface area contributed by atoms with Gasteiger partial charge < -0.3 is 5.11 Å². The van der Waals surface area contributed by atoms with Crippen molar-refractivity contribution in [2.45, 2.75) is 18.8 Å². The fraction of sp³-hybridized carbons (Fsp3) is 0.200. The van der Waals surface area contributed by atoms with Gasteiger partial charge in [0.25, 0.3) is 0 Å². The summed E-state index contributed by atoms with van der Waals surface area (Å²) in [5, 5.41) is 10.6. The minimum absolute atomic E-state index is 0.395. The number of hydrogen-bond donors (Lipinski definition) is 1. The fourth-order valence-corrected chi connectivity index (χ4v) is 3.37. The maximum atomic E-state index is 11.2. The molecule has 0 radical (unpaired) electrons. The van der Waals surface area contributed by atoms with Crippen LogP contribution in [0.25, 0.3) is 11.3 Å². The van der Waals surface area contributed by atoms with Crippen LogP contribution in [0, 0.1) is 0 Å². The summed E-state index contributed by atoms with van der Waals surface area (Å²) >= 11 is 18.4. The molecule has 1 aromatic heterocycles. The number of fused-ring (bicyclic) bond motifs is 1. The lowest BCUT2D eigenvalue weighted by atomic mass is 10.0. The van der Waals surface area contributed by atoms with Crippen molar-refractivity contribution in [2.24, 2.45) is 0 Å². The average Bonchev–Trinajstić information content (AvgIpc) is 2.81. The summed E-state index contributed by atoms with van der Waals surface area (Å²) in [5.74, 6) is -1.37. The second-order valence-corrected chi connectivity index (χ2v) is 6.16. The molecule has 0 bridgehead atoms. The lowest BCUT2D eigenvalue weighted by molar-refractivity contribution is -0.138. The number of hydrogen-bond acceptors (Lipinski definition) is 2. The van der Waals surface area contributed by atoms with Gasteiger partial charge in [0.15, 0.2) is 0 Å². The van der Waals surface area contributed by atoms with Gasteiger partial charge in [-0.25, -0.2) is 0 Å². The zero-order chi connectivity index (χ0) is 15.1. The van der Waals surface area contributed by atoms with E-state index < -0.39 is 11.9 Å². The number of aliphatic carboxylic acids is 1. The van der Waals surface area contributed by atoms with E-state index in [9.17, 15) is 9.90 Å². The predicted octanol–water partition coefficient (Wildman–Crippen LogP) is 4.82. The van der Waals surface area contributed by atoms with Crippen LogP contribution >= 0.6 is 34.8 Å². The Bertz CT molecular complexity index is 746. The zero-order valence-corrected chi connectivity index (χ0v) is 13.0. The van der Waals surface area contributed by atoms with Gasteiger partial charge in [-0.05, 0) is 42.7 Å². The molecule has 21 heavy (non-hydrogen) atoms. The Balaban J connectivity index is 2.12. The molecule has 1 N–H and O–H groups in total. The summed E-state index contributed by atoms with van der Waals surface area (Å²) < 4.78 is 0. The lowest BCUT2D eigenvalue weighted by Crippen LogP contribution is -2.08. The molecular formula is C15H10Cl3NO2. The highest BCUT2D eigenvalue weighted by atomic mass is 35.5. The van der Waals surface area contributed by atoms with E-state index in [-0.39, 0.29) is 0 Å². The molecule has 3 rings (SSSR count). The van der Waals surface area contributed by atoms with Crippen LogP contribution in [0.4, 0.5) is 0 Å². The van der Waals surface area contributed by atoms with Crippen molar-refractivity contribution in [3.05, 3.63) is 50.6 Å². The SMILES string of the molecule is O=C(O)C1CCc2nc(-c3ccc(Cl)cc3Cl)c(Cl)cc21. The first-order valence-electron chi connectivity index (χ1n) is 6.35. The summed E-state index contributed by atoms with van der Waals surface area (Å²) in [6.45, 7) is 0. The van der Waals surface area contributed by atoms with Crippen LogP contribution in [0.2, 0.25) is 15.1 Å². The van der Waals surface area contributed by atoms with E-state index in [0.717, 1.165) is 5.69 Å². The molecule has 1 unspecified atom stereocenters. The van der Waals surface area contributed by atoms with E-state index in [0.29, 0.717) is 44.7 Å². The first-order chi connectivity index (χ1) is 9.97. The molecule has 1 aliphatic rings. The lowest BCUT2D eigenvalue weighted by Gasteiger charge is -2.11. The molecule has 1 heterocycles. The number of pyridine rings is 1. The van der Waals surface area contributed by atoms with E-state index >= 15 is 0 Å². The predicted molar refractivity (Wildman–Crippen MR) is 83.4 cm³/mol. The first kappa shape index (κ1) is 14.6. The van der Waals surface area contributed by atoms with Crippen molar-refractivity contribution < 1.29 is 9.90 Å². The molecule has 3 nitrogen and oxygen atoms in total. The molecular weight excluding hydrogens is 333 g/mol. The molecule has 0 fully saturated rings. The maximum Gasteiger partial charge on any atom is 0.311 e. The second-order valence-electron chi connectivity index (χ2n) is 4.91. The number of halogens is 3. The van der Waals surface area contributed by atoms with E-state index in [1.54, 1.807) is 24.3 Å². The highest BCUT2D eigenvalue weighted by molar-refractivity contribution is 6.38. The van der Waals surface area contributed by atoms with Crippen LogP contribution in [0.1, 0.15) is 23.6 Å². The first-order valence-corrected chi connectivity index (χ1v) is 7.48. The molecule has 0 spiro atoms. The highest BCUT2D eigenvalue weighted by Gasteiger charge is 2.30. The number of rotatable bonds is 2. The molecule has 1 atom stereocenters. The van der Waals surface area contributed by atoms with Crippen LogP contribution in [0.15, 0.2) is 24.3 Å². The van der Waals surface area contributed by atoms with E-state index in [4.69, 9.17) is 34.8 Å². The molecule has 0 amide bonds. The van der Waals surface area contributed by atoms with E-state index in [1.807, 2.05) is 0 Å². The minimum atomic E-state index is -0.844. The van der Waals surface area contributed by atoms with Crippen molar-refractivity contribution >= 4 is 40.8 Å². The Morgan fingerprint density at radius 3 is 2.62 bits per heavy atom. The Morgan fingerprint density at radius 1 is 1.19 bits per heavy atom. The van der Waals surface area contributed by atoms with Crippen LogP contribution in [-0.2, 0) is 11.2 Å². The molecule has 108 valence electrons. The van der Waals surface area contributed by atoms with Crippen molar-refractivity contribution in [1.82, 2.24) is 4.98 Å². The summed E-state index contributed by atoms with van der Waals surface area (Å²) in [7, 11) is 0. The van der Waals surface area contributed by atoms with Crippen molar-refractivity contribution in [3.63, 3.8) is 0 Å². The van der Waals surface area contributed by atoms with Gasteiger partial charge in [-0.2, -0.15) is 0 Å². The van der Waals surface area contributed by atoms with Crippen LogP contribution in [0.5, 0.6) is 0 Å². The van der Waals surface area contributed by atoms with Crippen LogP contribution in [0.3, 0.4) is 0 Å². The molecule has 0 saturated carbocycles. The number of aryl methyl sites for hydroxylation is 1. The fourth-order valence-electron chi connectivity index (χ4n) is 2.61.